The first kappa shape index (κ1) is 24.3. The Morgan fingerprint density at radius 2 is 1.47 bits per heavy atom. The first-order valence-electron chi connectivity index (χ1n) is 9.74. The van der Waals surface area contributed by atoms with E-state index in [0.717, 1.165) is 16.7 Å². The number of benzene rings is 3. The van der Waals surface area contributed by atoms with Crippen LogP contribution in [0.1, 0.15) is 28.4 Å². The molecule has 0 unspecified atom stereocenters. The second-order valence-electron chi connectivity index (χ2n) is 6.96. The predicted octanol–water partition coefficient (Wildman–Crippen LogP) is 5.11. The van der Waals surface area contributed by atoms with Crippen LogP contribution < -0.4 is 0 Å². The fourth-order valence-corrected chi connectivity index (χ4v) is 3.82. The Bertz CT molecular complexity index is 1300. The number of oxime groups is 1. The van der Waals surface area contributed by atoms with Crippen molar-refractivity contribution in [2.75, 3.05) is 0 Å². The molecule has 0 saturated heterocycles. The monoisotopic (exact) mass is 479 g/mol. The van der Waals surface area contributed by atoms with Crippen LogP contribution in [0.4, 0.5) is 11.4 Å². The molecule has 0 amide bonds. The first-order valence-corrected chi connectivity index (χ1v) is 10.6. The lowest BCUT2D eigenvalue weighted by atomic mass is 9.96. The minimum Gasteiger partial charge on any atom is -0.318 e. The molecule has 0 fully saturated rings. The van der Waals surface area contributed by atoms with Gasteiger partial charge in [-0.15, -0.1) is 0 Å². The Balaban J connectivity index is 1.92. The van der Waals surface area contributed by atoms with E-state index in [2.05, 4.69) is 9.99 Å². The highest BCUT2D eigenvalue weighted by Crippen LogP contribution is 2.30. The molecule has 11 heteroatoms. The van der Waals surface area contributed by atoms with Gasteiger partial charge in [0.15, 0.2) is 5.71 Å². The molecule has 0 aromatic heterocycles. The summed E-state index contributed by atoms with van der Waals surface area (Å²) in [5.41, 5.74) is -0.172. The van der Waals surface area contributed by atoms with Crippen LogP contribution in [-0.4, -0.2) is 27.3 Å². The molecule has 0 spiro atoms. The van der Waals surface area contributed by atoms with E-state index in [1.54, 1.807) is 37.3 Å². The highest BCUT2D eigenvalue weighted by atomic mass is 32.2. The van der Waals surface area contributed by atoms with Gasteiger partial charge in [0, 0.05) is 40.5 Å². The van der Waals surface area contributed by atoms with Gasteiger partial charge in [0.25, 0.3) is 11.4 Å². The molecule has 3 aromatic carbocycles. The molecule has 172 valence electrons. The third-order valence-corrected chi connectivity index (χ3v) is 5.58. The number of non-ortho nitro benzene ring substituents is 1. The molecule has 0 bridgehead atoms. The van der Waals surface area contributed by atoms with Gasteiger partial charge in [0.1, 0.15) is 0 Å². The van der Waals surface area contributed by atoms with Gasteiger partial charge >= 0.3 is 5.97 Å². The number of carbonyl (C=O) groups is 2. The summed E-state index contributed by atoms with van der Waals surface area (Å²) in [6, 6.07) is 16.7. The van der Waals surface area contributed by atoms with Crippen molar-refractivity contribution in [1.29, 1.82) is 0 Å². The van der Waals surface area contributed by atoms with Gasteiger partial charge < -0.3 is 4.84 Å². The maximum Gasteiger partial charge on any atom is 0.332 e. The Morgan fingerprint density at radius 3 is 2.00 bits per heavy atom. The van der Waals surface area contributed by atoms with Gasteiger partial charge in [-0.2, -0.15) is 0 Å². The zero-order chi connectivity index (χ0) is 24.8. The van der Waals surface area contributed by atoms with Crippen molar-refractivity contribution in [3.63, 3.8) is 0 Å². The minimum absolute atomic E-state index is 0.0183. The number of rotatable bonds is 8. The Kier molecular flexibility index (Phi) is 7.49. The average Bonchev–Trinajstić information content (AvgIpc) is 2.80. The van der Waals surface area contributed by atoms with Crippen LogP contribution in [0.5, 0.6) is 0 Å². The van der Waals surface area contributed by atoms with Crippen LogP contribution in [-0.2, 0) is 9.63 Å². The lowest BCUT2D eigenvalue weighted by molar-refractivity contribution is -0.385. The van der Waals surface area contributed by atoms with E-state index in [-0.39, 0.29) is 28.2 Å². The number of carbonyl (C=O) groups excluding carboxylic acids is 2. The summed E-state index contributed by atoms with van der Waals surface area (Å²) >= 11 is 1.33. The lowest BCUT2D eigenvalue weighted by Gasteiger charge is -2.10. The summed E-state index contributed by atoms with van der Waals surface area (Å²) in [5, 5.41) is 26.0. The molecule has 0 radical (unpaired) electrons. The Morgan fingerprint density at radius 1 is 0.882 bits per heavy atom. The molecule has 0 aliphatic heterocycles. The smallest absolute Gasteiger partial charge is 0.318 e. The number of ketones is 1. The van der Waals surface area contributed by atoms with Crippen molar-refractivity contribution < 1.29 is 24.3 Å². The summed E-state index contributed by atoms with van der Waals surface area (Å²) in [7, 11) is 0. The fraction of sp³-hybridized carbons (Fsp3) is 0.0870. The molecule has 10 nitrogen and oxygen atoms in total. The minimum atomic E-state index is -0.781. The predicted molar refractivity (Wildman–Crippen MR) is 124 cm³/mol. The summed E-state index contributed by atoms with van der Waals surface area (Å²) in [5.74, 6) is -1.44. The Labute approximate surface area is 197 Å². The van der Waals surface area contributed by atoms with E-state index in [1.807, 2.05) is 0 Å². The standard InChI is InChI=1S/C23H17N3O7S/c1-14-4-3-5-20(26(31)32)21(14)22(24-33-15(2)27)23(28)16-6-10-18(11-7-16)34-19-12-8-17(9-13-19)25(29)30/h3-13H,1-2H3. The number of hydrogen-bond acceptors (Lipinski definition) is 9. The van der Waals surface area contributed by atoms with Gasteiger partial charge in [-0.3, -0.25) is 25.0 Å². The molecule has 0 atom stereocenters. The number of Topliss-reactive ketones (excluding diaryl/α,β-unsaturated/α-hetero) is 1. The molecule has 0 heterocycles. The number of nitro groups is 2. The second-order valence-corrected chi connectivity index (χ2v) is 8.10. The van der Waals surface area contributed by atoms with Crippen LogP contribution in [0.15, 0.2) is 81.7 Å². The van der Waals surface area contributed by atoms with E-state index < -0.39 is 21.6 Å². The largest absolute Gasteiger partial charge is 0.332 e. The zero-order valence-corrected chi connectivity index (χ0v) is 18.8. The summed E-state index contributed by atoms with van der Waals surface area (Å²) in [6.07, 6.45) is 0. The first-order chi connectivity index (χ1) is 16.2. The van der Waals surface area contributed by atoms with E-state index in [0.29, 0.717) is 5.56 Å². The maximum atomic E-state index is 13.2. The van der Waals surface area contributed by atoms with Crippen LogP contribution in [0, 0.1) is 27.2 Å². The van der Waals surface area contributed by atoms with E-state index in [1.165, 1.54) is 48.2 Å². The van der Waals surface area contributed by atoms with Crippen molar-refractivity contribution in [3.05, 3.63) is 104 Å². The molecule has 0 aliphatic carbocycles. The molecule has 34 heavy (non-hydrogen) atoms. The molecular formula is C23H17N3O7S. The van der Waals surface area contributed by atoms with Gasteiger partial charge in [0.2, 0.25) is 5.78 Å². The normalized spacial score (nSPS) is 11.1. The quantitative estimate of drug-likeness (QED) is 0.143. The second kappa shape index (κ2) is 10.5. The summed E-state index contributed by atoms with van der Waals surface area (Å²) < 4.78 is 0. The SMILES string of the molecule is CC(=O)ON=C(C(=O)c1ccc(Sc2ccc([N+](=O)[O-])cc2)cc1)c1c(C)cccc1[N+](=O)[O-]. The Hall–Kier alpha value is -4.38. The van der Waals surface area contributed by atoms with Crippen LogP contribution >= 0.6 is 11.8 Å². The van der Waals surface area contributed by atoms with Crippen LogP contribution in [0.2, 0.25) is 0 Å². The highest BCUT2D eigenvalue weighted by Gasteiger charge is 2.27. The maximum absolute atomic E-state index is 13.2. The van der Waals surface area contributed by atoms with Gasteiger partial charge in [-0.05, 0) is 48.9 Å². The summed E-state index contributed by atoms with van der Waals surface area (Å²) in [4.78, 5) is 51.9. The molecule has 3 aromatic rings. The third kappa shape index (κ3) is 5.70. The van der Waals surface area contributed by atoms with Gasteiger partial charge in [-0.25, -0.2) is 4.79 Å². The van der Waals surface area contributed by atoms with Crippen molar-refractivity contribution in [1.82, 2.24) is 0 Å². The van der Waals surface area contributed by atoms with Crippen molar-refractivity contribution in [2.45, 2.75) is 23.6 Å². The summed E-state index contributed by atoms with van der Waals surface area (Å²) in [6.45, 7) is 2.69. The number of nitro benzene ring substituents is 2. The third-order valence-electron chi connectivity index (χ3n) is 4.56. The number of nitrogens with zero attached hydrogens (tertiary/aromatic N) is 3. The highest BCUT2D eigenvalue weighted by molar-refractivity contribution is 7.99. The number of aryl methyl sites for hydroxylation is 1. The van der Waals surface area contributed by atoms with Crippen LogP contribution in [0.25, 0.3) is 0 Å². The van der Waals surface area contributed by atoms with Crippen molar-refractivity contribution in [3.8, 4) is 0 Å². The molecule has 0 N–H and O–H groups in total. The average molecular weight is 479 g/mol. The topological polar surface area (TPSA) is 142 Å². The fourth-order valence-electron chi connectivity index (χ4n) is 3.01. The van der Waals surface area contributed by atoms with Gasteiger partial charge in [0.05, 0.1) is 15.4 Å². The molecular weight excluding hydrogens is 462 g/mol. The van der Waals surface area contributed by atoms with E-state index in [4.69, 9.17) is 0 Å². The molecule has 0 aliphatic rings. The van der Waals surface area contributed by atoms with Crippen molar-refractivity contribution in [2.24, 2.45) is 5.16 Å². The van der Waals surface area contributed by atoms with E-state index >= 15 is 0 Å². The number of hydrogen-bond donors (Lipinski definition) is 0. The van der Waals surface area contributed by atoms with E-state index in [9.17, 15) is 29.8 Å². The lowest BCUT2D eigenvalue weighted by Crippen LogP contribution is -2.20. The molecule has 0 saturated carbocycles. The zero-order valence-electron chi connectivity index (χ0n) is 18.0. The molecule has 3 rings (SSSR count). The van der Waals surface area contributed by atoms with Gasteiger partial charge in [-0.1, -0.05) is 29.1 Å². The van der Waals surface area contributed by atoms with Crippen LogP contribution in [0.3, 0.4) is 0 Å². The van der Waals surface area contributed by atoms with Crippen molar-refractivity contribution >= 4 is 40.6 Å².